The van der Waals surface area contributed by atoms with E-state index in [0.717, 1.165) is 5.56 Å². The van der Waals surface area contributed by atoms with Crippen LogP contribution in [0.5, 0.6) is 0 Å². The lowest BCUT2D eigenvalue weighted by Gasteiger charge is -2.31. The van der Waals surface area contributed by atoms with Crippen LogP contribution in [-0.4, -0.2) is 18.2 Å². The van der Waals surface area contributed by atoms with Crippen molar-refractivity contribution in [2.24, 2.45) is 0 Å². The summed E-state index contributed by atoms with van der Waals surface area (Å²) in [5.41, 5.74) is 2.51. The lowest BCUT2D eigenvalue weighted by Crippen LogP contribution is -2.45. The van der Waals surface area contributed by atoms with Gasteiger partial charge in [0, 0.05) is 0 Å². The monoisotopic (exact) mass is 342 g/mol. The number of thiocarbonyl (C=S) groups is 1. The van der Waals surface area contributed by atoms with Gasteiger partial charge in [-0.25, -0.2) is 9.18 Å². The number of hydrogen-bond donors (Lipinski definition) is 2. The fourth-order valence-electron chi connectivity index (χ4n) is 2.63. The van der Waals surface area contributed by atoms with Crippen molar-refractivity contribution < 1.29 is 13.9 Å². The largest absolute Gasteiger partial charge is 0.466 e. The molecule has 2 aromatic carbocycles. The quantitative estimate of drug-likeness (QED) is 0.663. The smallest absolute Gasteiger partial charge is 0.338 e. The molecule has 122 valence electrons. The van der Waals surface area contributed by atoms with Crippen LogP contribution in [0.15, 0.2) is 60.2 Å². The number of carbonyl (C=O) groups excluding carboxylic acids is 1. The first-order chi connectivity index (χ1) is 11.6. The Labute approximate surface area is 144 Å². The first-order valence-electron chi connectivity index (χ1n) is 7.31. The fourth-order valence-corrected chi connectivity index (χ4v) is 2.85. The van der Waals surface area contributed by atoms with Gasteiger partial charge >= 0.3 is 5.97 Å². The van der Waals surface area contributed by atoms with Gasteiger partial charge in [0.15, 0.2) is 5.11 Å². The maximum absolute atomic E-state index is 13.2. The predicted molar refractivity (Wildman–Crippen MR) is 93.4 cm³/mol. The first kappa shape index (κ1) is 16.1. The molecule has 0 saturated carbocycles. The molecule has 0 saturated heterocycles. The number of esters is 1. The summed E-state index contributed by atoms with van der Waals surface area (Å²) in [5.74, 6) is -0.826. The molecule has 6 heteroatoms. The van der Waals surface area contributed by atoms with E-state index in [-0.39, 0.29) is 5.82 Å². The van der Waals surface area contributed by atoms with Crippen molar-refractivity contribution in [2.75, 3.05) is 7.11 Å². The Balaban J connectivity index is 2.17. The zero-order valence-corrected chi connectivity index (χ0v) is 13.7. The van der Waals surface area contributed by atoms with Gasteiger partial charge in [-0.05, 0) is 35.5 Å². The third-order valence-corrected chi connectivity index (χ3v) is 3.96. The van der Waals surface area contributed by atoms with Crippen LogP contribution in [0.4, 0.5) is 4.39 Å². The van der Waals surface area contributed by atoms with Crippen LogP contribution in [0.25, 0.3) is 5.70 Å². The zero-order valence-electron chi connectivity index (χ0n) is 12.9. The number of carbonyl (C=O) groups is 1. The average Bonchev–Trinajstić information content (AvgIpc) is 2.61. The topological polar surface area (TPSA) is 50.4 Å². The van der Waals surface area contributed by atoms with Gasteiger partial charge in [-0.1, -0.05) is 42.5 Å². The number of benzene rings is 2. The molecule has 0 fully saturated rings. The number of nitrogens with one attached hydrogen (secondary N) is 2. The molecule has 0 amide bonds. The Hall–Kier alpha value is -2.73. The highest BCUT2D eigenvalue weighted by Gasteiger charge is 2.32. The molecule has 3 rings (SSSR count). The molecule has 0 bridgehead atoms. The second-order valence-corrected chi connectivity index (χ2v) is 5.64. The van der Waals surface area contributed by atoms with Gasteiger partial charge in [0.2, 0.25) is 0 Å². The van der Waals surface area contributed by atoms with E-state index in [1.165, 1.54) is 19.2 Å². The van der Waals surface area contributed by atoms with Crippen LogP contribution >= 0.6 is 12.2 Å². The van der Waals surface area contributed by atoms with E-state index in [0.29, 0.717) is 21.9 Å². The summed E-state index contributed by atoms with van der Waals surface area (Å²) in [7, 11) is 1.33. The molecule has 1 atom stereocenters. The standard InChI is InChI=1S/C18H15FN2O2S/c1-23-17(22)14-15(11-5-3-2-4-6-11)20-18(24)21-16(14)12-7-9-13(19)10-8-12/h2-10,16H,1H3,(H2,20,21,24). The van der Waals surface area contributed by atoms with E-state index >= 15 is 0 Å². The Morgan fingerprint density at radius 2 is 1.79 bits per heavy atom. The van der Waals surface area contributed by atoms with Gasteiger partial charge in [-0.15, -0.1) is 0 Å². The molecule has 2 N–H and O–H groups in total. The Bertz CT molecular complexity index is 804. The Kier molecular flexibility index (Phi) is 4.57. The van der Waals surface area contributed by atoms with Gasteiger partial charge in [0.1, 0.15) is 5.82 Å². The van der Waals surface area contributed by atoms with Gasteiger partial charge in [0.05, 0.1) is 24.4 Å². The molecule has 0 spiro atoms. The maximum atomic E-state index is 13.2. The molecule has 1 aliphatic heterocycles. The van der Waals surface area contributed by atoms with Crippen molar-refractivity contribution in [3.63, 3.8) is 0 Å². The third kappa shape index (κ3) is 3.14. The van der Waals surface area contributed by atoms with E-state index in [1.807, 2.05) is 30.3 Å². The van der Waals surface area contributed by atoms with Gasteiger partial charge in [-0.3, -0.25) is 0 Å². The molecule has 24 heavy (non-hydrogen) atoms. The summed E-state index contributed by atoms with van der Waals surface area (Å²) in [5, 5.41) is 6.48. The Morgan fingerprint density at radius 1 is 1.12 bits per heavy atom. The number of ether oxygens (including phenoxy) is 1. The van der Waals surface area contributed by atoms with Gasteiger partial charge in [0.25, 0.3) is 0 Å². The molecule has 0 aliphatic carbocycles. The maximum Gasteiger partial charge on any atom is 0.338 e. The average molecular weight is 342 g/mol. The summed E-state index contributed by atoms with van der Waals surface area (Å²) >= 11 is 5.28. The zero-order chi connectivity index (χ0) is 17.1. The lowest BCUT2D eigenvalue weighted by atomic mass is 9.93. The molecule has 4 nitrogen and oxygen atoms in total. The molecular formula is C18H15FN2O2S. The van der Waals surface area contributed by atoms with E-state index in [2.05, 4.69) is 10.6 Å². The van der Waals surface area contributed by atoms with Crippen molar-refractivity contribution in [1.82, 2.24) is 10.6 Å². The number of halogens is 1. The van der Waals surface area contributed by atoms with Crippen LogP contribution < -0.4 is 10.6 Å². The molecule has 2 aromatic rings. The van der Waals surface area contributed by atoms with Crippen LogP contribution in [0.3, 0.4) is 0 Å². The van der Waals surface area contributed by atoms with Gasteiger partial charge in [-0.2, -0.15) is 0 Å². The molecule has 0 radical (unpaired) electrons. The fraction of sp³-hybridized carbons (Fsp3) is 0.111. The minimum Gasteiger partial charge on any atom is -0.466 e. The van der Waals surface area contributed by atoms with E-state index in [4.69, 9.17) is 17.0 Å². The number of methoxy groups -OCH3 is 1. The predicted octanol–water partition coefficient (Wildman–Crippen LogP) is 2.93. The summed E-state index contributed by atoms with van der Waals surface area (Å²) in [6.07, 6.45) is 0. The van der Waals surface area contributed by atoms with E-state index in [9.17, 15) is 9.18 Å². The van der Waals surface area contributed by atoms with E-state index in [1.54, 1.807) is 12.1 Å². The molecule has 1 unspecified atom stereocenters. The first-order valence-corrected chi connectivity index (χ1v) is 7.72. The highest BCUT2D eigenvalue weighted by atomic mass is 32.1. The van der Waals surface area contributed by atoms with Crippen molar-refractivity contribution >= 4 is 29.0 Å². The van der Waals surface area contributed by atoms with E-state index < -0.39 is 12.0 Å². The number of rotatable bonds is 3. The normalized spacial score (nSPS) is 17.1. The van der Waals surface area contributed by atoms with Crippen molar-refractivity contribution in [1.29, 1.82) is 0 Å². The SMILES string of the molecule is COC(=O)C1=C(c2ccccc2)NC(=S)NC1c1ccc(F)cc1. The summed E-state index contributed by atoms with van der Waals surface area (Å²) in [6, 6.07) is 14.8. The summed E-state index contributed by atoms with van der Waals surface area (Å²) < 4.78 is 18.2. The minimum atomic E-state index is -0.526. The van der Waals surface area contributed by atoms with Crippen LogP contribution in [0.1, 0.15) is 17.2 Å². The molecule has 1 aliphatic rings. The van der Waals surface area contributed by atoms with Crippen molar-refractivity contribution in [2.45, 2.75) is 6.04 Å². The molecule has 0 aromatic heterocycles. The van der Waals surface area contributed by atoms with Crippen LogP contribution in [-0.2, 0) is 9.53 Å². The second kappa shape index (κ2) is 6.80. The van der Waals surface area contributed by atoms with Crippen LogP contribution in [0.2, 0.25) is 0 Å². The Morgan fingerprint density at radius 3 is 2.42 bits per heavy atom. The van der Waals surface area contributed by atoms with Crippen molar-refractivity contribution in [3.05, 3.63) is 77.1 Å². The molecule has 1 heterocycles. The molecular weight excluding hydrogens is 327 g/mol. The second-order valence-electron chi connectivity index (χ2n) is 5.23. The highest BCUT2D eigenvalue weighted by molar-refractivity contribution is 7.80. The van der Waals surface area contributed by atoms with Crippen LogP contribution in [0, 0.1) is 5.82 Å². The summed E-state index contributed by atoms with van der Waals surface area (Å²) in [4.78, 5) is 12.4. The minimum absolute atomic E-state index is 0.345. The van der Waals surface area contributed by atoms with Gasteiger partial charge < -0.3 is 15.4 Å². The highest BCUT2D eigenvalue weighted by Crippen LogP contribution is 2.31. The number of hydrogen-bond acceptors (Lipinski definition) is 3. The third-order valence-electron chi connectivity index (χ3n) is 3.74. The lowest BCUT2D eigenvalue weighted by molar-refractivity contribution is -0.136. The summed E-state index contributed by atoms with van der Waals surface area (Å²) in [6.45, 7) is 0. The van der Waals surface area contributed by atoms with Crippen molar-refractivity contribution in [3.8, 4) is 0 Å².